The van der Waals surface area contributed by atoms with Gasteiger partial charge in [-0.2, -0.15) is 18.3 Å². The van der Waals surface area contributed by atoms with E-state index in [0.717, 1.165) is 30.4 Å². The van der Waals surface area contributed by atoms with E-state index in [1.54, 1.807) is 5.38 Å². The molecule has 3 rings (SSSR count). The van der Waals surface area contributed by atoms with Gasteiger partial charge in [-0.05, 0) is 17.7 Å². The van der Waals surface area contributed by atoms with Crippen LogP contribution in [0.3, 0.4) is 0 Å². The van der Waals surface area contributed by atoms with Gasteiger partial charge in [-0.3, -0.25) is 4.79 Å². The van der Waals surface area contributed by atoms with Gasteiger partial charge in [0.05, 0.1) is 37.1 Å². The minimum Gasteiger partial charge on any atom is -0.378 e. The molecule has 1 fully saturated rings. The van der Waals surface area contributed by atoms with Crippen LogP contribution in [0.5, 0.6) is 0 Å². The maximum Gasteiger partial charge on any atom is 0.416 e. The zero-order chi connectivity index (χ0) is 19.3. The molecule has 1 amide bonds. The molecule has 0 unspecified atom stereocenters. The van der Waals surface area contributed by atoms with Crippen LogP contribution in [0.1, 0.15) is 16.8 Å². The largest absolute Gasteiger partial charge is 0.416 e. The van der Waals surface area contributed by atoms with Gasteiger partial charge in [0.1, 0.15) is 0 Å². The molecule has 0 bridgehead atoms. The Kier molecular flexibility index (Phi) is 6.07. The predicted octanol–water partition coefficient (Wildman–Crippen LogP) is 2.69. The first kappa shape index (κ1) is 19.3. The van der Waals surface area contributed by atoms with E-state index in [1.807, 2.05) is 0 Å². The van der Waals surface area contributed by atoms with Crippen molar-refractivity contribution in [2.45, 2.75) is 12.6 Å². The van der Waals surface area contributed by atoms with Crippen LogP contribution in [-0.4, -0.2) is 43.4 Å². The SMILES string of the molecule is O=C(Cc1csc(N2CCOCC2)n1)N/N=C\c1cccc(C(F)(F)F)c1. The summed E-state index contributed by atoms with van der Waals surface area (Å²) in [5, 5.41) is 6.36. The summed E-state index contributed by atoms with van der Waals surface area (Å²) >= 11 is 1.46. The average molecular weight is 398 g/mol. The van der Waals surface area contributed by atoms with Crippen molar-refractivity contribution in [3.8, 4) is 0 Å². The number of carbonyl (C=O) groups excluding carboxylic acids is 1. The summed E-state index contributed by atoms with van der Waals surface area (Å²) < 4.78 is 43.3. The number of morpholine rings is 1. The lowest BCUT2D eigenvalue weighted by Gasteiger charge is -2.26. The van der Waals surface area contributed by atoms with Crippen molar-refractivity contribution < 1.29 is 22.7 Å². The van der Waals surface area contributed by atoms with E-state index in [-0.39, 0.29) is 12.0 Å². The van der Waals surface area contributed by atoms with E-state index >= 15 is 0 Å². The molecule has 0 radical (unpaired) electrons. The smallest absolute Gasteiger partial charge is 0.378 e. The number of alkyl halides is 3. The molecule has 1 saturated heterocycles. The molecule has 1 aliphatic heterocycles. The molecule has 2 aromatic rings. The summed E-state index contributed by atoms with van der Waals surface area (Å²) in [6, 6.07) is 4.70. The highest BCUT2D eigenvalue weighted by atomic mass is 32.1. The number of hydrogen-bond donors (Lipinski definition) is 1. The van der Waals surface area contributed by atoms with Crippen molar-refractivity contribution in [1.29, 1.82) is 0 Å². The van der Waals surface area contributed by atoms with Crippen molar-refractivity contribution in [3.63, 3.8) is 0 Å². The predicted molar refractivity (Wildman–Crippen MR) is 96.0 cm³/mol. The Balaban J connectivity index is 1.52. The molecule has 144 valence electrons. The Bertz CT molecular complexity index is 817. The average Bonchev–Trinajstić information content (AvgIpc) is 3.10. The number of carbonyl (C=O) groups is 1. The van der Waals surface area contributed by atoms with Gasteiger partial charge in [0.25, 0.3) is 0 Å². The number of hydrogen-bond acceptors (Lipinski definition) is 6. The second-order valence-electron chi connectivity index (χ2n) is 5.81. The summed E-state index contributed by atoms with van der Waals surface area (Å²) in [5.41, 5.74) is 2.40. The number of thiazole rings is 1. The van der Waals surface area contributed by atoms with E-state index in [4.69, 9.17) is 4.74 Å². The summed E-state index contributed by atoms with van der Waals surface area (Å²) in [6.45, 7) is 2.83. The number of nitrogens with zero attached hydrogens (tertiary/aromatic N) is 3. The van der Waals surface area contributed by atoms with Gasteiger partial charge >= 0.3 is 6.18 Å². The molecule has 0 aliphatic carbocycles. The Morgan fingerprint density at radius 1 is 1.37 bits per heavy atom. The quantitative estimate of drug-likeness (QED) is 0.621. The number of ether oxygens (including phenoxy) is 1. The molecular weight excluding hydrogens is 381 g/mol. The molecule has 1 N–H and O–H groups in total. The van der Waals surface area contributed by atoms with E-state index in [2.05, 4.69) is 20.4 Å². The second kappa shape index (κ2) is 8.49. The Labute approximate surface area is 157 Å². The molecule has 1 aliphatic rings. The lowest BCUT2D eigenvalue weighted by atomic mass is 10.1. The van der Waals surface area contributed by atoms with Crippen LogP contribution in [0.15, 0.2) is 34.7 Å². The molecule has 0 saturated carbocycles. The fraction of sp³-hybridized carbons (Fsp3) is 0.353. The number of nitrogens with one attached hydrogen (secondary N) is 1. The second-order valence-corrected chi connectivity index (χ2v) is 6.65. The Morgan fingerprint density at radius 3 is 2.89 bits per heavy atom. The van der Waals surface area contributed by atoms with Crippen molar-refractivity contribution in [3.05, 3.63) is 46.5 Å². The van der Waals surface area contributed by atoms with E-state index in [0.29, 0.717) is 18.9 Å². The lowest BCUT2D eigenvalue weighted by Crippen LogP contribution is -2.36. The molecule has 0 atom stereocenters. The van der Waals surface area contributed by atoms with Crippen LogP contribution in [0.2, 0.25) is 0 Å². The van der Waals surface area contributed by atoms with Crippen LogP contribution in [0.4, 0.5) is 18.3 Å². The Morgan fingerprint density at radius 2 is 2.15 bits per heavy atom. The first-order valence-corrected chi connectivity index (χ1v) is 9.06. The summed E-state index contributed by atoms with van der Waals surface area (Å²) in [7, 11) is 0. The van der Waals surface area contributed by atoms with Crippen LogP contribution in [0.25, 0.3) is 0 Å². The van der Waals surface area contributed by atoms with Gasteiger partial charge in [0.2, 0.25) is 5.91 Å². The highest BCUT2D eigenvalue weighted by Crippen LogP contribution is 2.29. The van der Waals surface area contributed by atoms with Gasteiger partial charge in [-0.25, -0.2) is 10.4 Å². The fourth-order valence-electron chi connectivity index (χ4n) is 2.46. The van der Waals surface area contributed by atoms with Gasteiger partial charge in [0, 0.05) is 18.5 Å². The van der Waals surface area contributed by atoms with E-state index < -0.39 is 17.6 Å². The highest BCUT2D eigenvalue weighted by molar-refractivity contribution is 7.13. The number of aromatic nitrogens is 1. The monoisotopic (exact) mass is 398 g/mol. The topological polar surface area (TPSA) is 66.8 Å². The van der Waals surface area contributed by atoms with Crippen LogP contribution < -0.4 is 10.3 Å². The van der Waals surface area contributed by atoms with Crippen molar-refractivity contribution in [2.24, 2.45) is 5.10 Å². The maximum absolute atomic E-state index is 12.7. The van der Waals surface area contributed by atoms with Gasteiger partial charge in [0.15, 0.2) is 5.13 Å². The Hall–Kier alpha value is -2.46. The minimum atomic E-state index is -4.42. The molecule has 2 heterocycles. The molecule has 10 heteroatoms. The summed E-state index contributed by atoms with van der Waals surface area (Å²) in [5.74, 6) is -0.392. The minimum absolute atomic E-state index is 0.0424. The third-order valence-corrected chi connectivity index (χ3v) is 4.73. The van der Waals surface area contributed by atoms with Gasteiger partial charge in [-0.15, -0.1) is 11.3 Å². The van der Waals surface area contributed by atoms with Crippen molar-refractivity contribution >= 4 is 28.6 Å². The normalized spacial score (nSPS) is 15.3. The van der Waals surface area contributed by atoms with Crippen LogP contribution >= 0.6 is 11.3 Å². The van der Waals surface area contributed by atoms with Gasteiger partial charge < -0.3 is 9.64 Å². The van der Waals surface area contributed by atoms with Gasteiger partial charge in [-0.1, -0.05) is 12.1 Å². The molecule has 0 spiro atoms. The third kappa shape index (κ3) is 5.51. The number of halogens is 3. The van der Waals surface area contributed by atoms with Crippen molar-refractivity contribution in [1.82, 2.24) is 10.4 Å². The lowest BCUT2D eigenvalue weighted by molar-refractivity contribution is -0.137. The molecule has 6 nitrogen and oxygen atoms in total. The number of anilines is 1. The fourth-order valence-corrected chi connectivity index (χ4v) is 3.33. The highest BCUT2D eigenvalue weighted by Gasteiger charge is 2.30. The third-order valence-electron chi connectivity index (χ3n) is 3.78. The van der Waals surface area contributed by atoms with Crippen LogP contribution in [0, 0.1) is 0 Å². The summed E-state index contributed by atoms with van der Waals surface area (Å²) in [4.78, 5) is 18.5. The standard InChI is InChI=1S/C17H17F3N4O2S/c18-17(19,20)13-3-1-2-12(8-13)10-21-23-15(25)9-14-11-27-16(22-14)24-4-6-26-7-5-24/h1-3,8,10-11H,4-7,9H2,(H,23,25)/b21-10-. The summed E-state index contributed by atoms with van der Waals surface area (Å²) in [6.07, 6.45) is -3.20. The molecule has 27 heavy (non-hydrogen) atoms. The van der Waals surface area contributed by atoms with E-state index in [1.165, 1.54) is 29.7 Å². The first-order chi connectivity index (χ1) is 12.9. The maximum atomic E-state index is 12.7. The molecule has 1 aromatic carbocycles. The van der Waals surface area contributed by atoms with Crippen molar-refractivity contribution in [2.75, 3.05) is 31.2 Å². The number of hydrazone groups is 1. The molecule has 1 aromatic heterocycles. The zero-order valence-electron chi connectivity index (χ0n) is 14.2. The van der Waals surface area contributed by atoms with E-state index in [9.17, 15) is 18.0 Å². The first-order valence-electron chi connectivity index (χ1n) is 8.18. The number of rotatable bonds is 5. The van der Waals surface area contributed by atoms with Crippen LogP contribution in [-0.2, 0) is 22.1 Å². The number of amides is 1. The molecular formula is C17H17F3N4O2S. The zero-order valence-corrected chi connectivity index (χ0v) is 15.0. The number of benzene rings is 1.